The number of likely N-dealkylation sites (tertiary alicyclic amines) is 1. The van der Waals surface area contributed by atoms with Crippen molar-refractivity contribution in [1.29, 1.82) is 0 Å². The van der Waals surface area contributed by atoms with E-state index in [-0.39, 0.29) is 5.91 Å². The van der Waals surface area contributed by atoms with Crippen LogP contribution in [-0.4, -0.2) is 40.6 Å². The summed E-state index contributed by atoms with van der Waals surface area (Å²) in [4.78, 5) is 14.2. The van der Waals surface area contributed by atoms with Gasteiger partial charge in [0.1, 0.15) is 5.82 Å². The molecule has 1 aromatic carbocycles. The predicted molar refractivity (Wildman–Crippen MR) is 100 cm³/mol. The van der Waals surface area contributed by atoms with Crippen LogP contribution in [0.2, 0.25) is 10.0 Å². The molecule has 5 nitrogen and oxygen atoms in total. The Morgan fingerprint density at radius 3 is 2.56 bits per heavy atom. The van der Waals surface area contributed by atoms with Gasteiger partial charge in [-0.05, 0) is 55.5 Å². The summed E-state index contributed by atoms with van der Waals surface area (Å²) in [5.74, 6) is 0.604. The van der Waals surface area contributed by atoms with Crippen molar-refractivity contribution in [3.8, 4) is 0 Å². The maximum absolute atomic E-state index is 12.4. The van der Waals surface area contributed by atoms with Crippen LogP contribution in [0.1, 0.15) is 35.3 Å². The predicted octanol–water partition coefficient (Wildman–Crippen LogP) is 4.06. The van der Waals surface area contributed by atoms with Crippen LogP contribution < -0.4 is 5.32 Å². The van der Waals surface area contributed by atoms with Crippen molar-refractivity contribution >= 4 is 34.9 Å². The Morgan fingerprint density at radius 1 is 1.08 bits per heavy atom. The molecule has 1 aromatic heterocycles. The number of carbonyl (C=O) groups is 1. The molecule has 1 aliphatic rings. The van der Waals surface area contributed by atoms with Crippen molar-refractivity contribution in [2.45, 2.75) is 25.7 Å². The molecule has 7 heteroatoms. The molecule has 1 fully saturated rings. The summed E-state index contributed by atoms with van der Waals surface area (Å²) in [5.41, 5.74) is 1.41. The second-order valence-electron chi connectivity index (χ2n) is 6.07. The normalized spacial score (nSPS) is 14.4. The van der Waals surface area contributed by atoms with Gasteiger partial charge in [-0.25, -0.2) is 0 Å². The van der Waals surface area contributed by atoms with Crippen LogP contribution in [0, 0.1) is 0 Å². The van der Waals surface area contributed by atoms with E-state index in [9.17, 15) is 4.79 Å². The first kappa shape index (κ1) is 18.0. The molecule has 0 unspecified atom stereocenters. The van der Waals surface area contributed by atoms with Crippen molar-refractivity contribution in [2.24, 2.45) is 0 Å². The summed E-state index contributed by atoms with van der Waals surface area (Å²) in [6.07, 6.45) is 4.06. The number of amides is 1. The molecule has 0 aliphatic carbocycles. The Labute approximate surface area is 157 Å². The maximum Gasteiger partial charge on any atom is 0.274 e. The van der Waals surface area contributed by atoms with E-state index >= 15 is 0 Å². The SMILES string of the molecule is O=C(c1ccc(NCCc2ccc(Cl)cc2Cl)nn1)N1CCCCC1. The number of aromatic nitrogens is 2. The van der Waals surface area contributed by atoms with Gasteiger partial charge in [0.05, 0.1) is 0 Å². The molecule has 2 aromatic rings. The Bertz CT molecular complexity index is 730. The van der Waals surface area contributed by atoms with Crippen molar-refractivity contribution in [3.05, 3.63) is 51.6 Å². The summed E-state index contributed by atoms with van der Waals surface area (Å²) in [7, 11) is 0. The molecular formula is C18H20Cl2N4O. The van der Waals surface area contributed by atoms with Crippen LogP contribution in [0.5, 0.6) is 0 Å². The highest BCUT2D eigenvalue weighted by atomic mass is 35.5. The number of rotatable bonds is 5. The molecule has 25 heavy (non-hydrogen) atoms. The van der Waals surface area contributed by atoms with Gasteiger partial charge in [-0.1, -0.05) is 29.3 Å². The van der Waals surface area contributed by atoms with E-state index in [1.807, 2.05) is 17.0 Å². The third kappa shape index (κ3) is 4.83. The van der Waals surface area contributed by atoms with Gasteiger partial charge in [-0.3, -0.25) is 4.79 Å². The number of hydrogen-bond acceptors (Lipinski definition) is 4. The van der Waals surface area contributed by atoms with Crippen LogP contribution in [-0.2, 0) is 6.42 Å². The molecular weight excluding hydrogens is 359 g/mol. The van der Waals surface area contributed by atoms with Crippen molar-refractivity contribution in [2.75, 3.05) is 25.0 Å². The van der Waals surface area contributed by atoms with Gasteiger partial charge in [0.15, 0.2) is 5.69 Å². The largest absolute Gasteiger partial charge is 0.368 e. The molecule has 3 rings (SSSR count). The van der Waals surface area contributed by atoms with Crippen LogP contribution in [0.4, 0.5) is 5.82 Å². The number of nitrogens with one attached hydrogen (secondary N) is 1. The van der Waals surface area contributed by atoms with Crippen molar-refractivity contribution < 1.29 is 4.79 Å². The van der Waals surface area contributed by atoms with Crippen LogP contribution in [0.25, 0.3) is 0 Å². The lowest BCUT2D eigenvalue weighted by Crippen LogP contribution is -2.36. The van der Waals surface area contributed by atoms with Crippen LogP contribution >= 0.6 is 23.2 Å². The molecule has 1 saturated heterocycles. The first-order valence-corrected chi connectivity index (χ1v) is 9.20. The number of piperidine rings is 1. The lowest BCUT2D eigenvalue weighted by Gasteiger charge is -2.26. The summed E-state index contributed by atoms with van der Waals surface area (Å²) < 4.78 is 0. The topological polar surface area (TPSA) is 58.1 Å². The summed E-state index contributed by atoms with van der Waals surface area (Å²) in [6, 6.07) is 8.98. The number of nitrogens with zero attached hydrogens (tertiary/aromatic N) is 3. The fraction of sp³-hybridized carbons (Fsp3) is 0.389. The van der Waals surface area contributed by atoms with Crippen LogP contribution in [0.3, 0.4) is 0 Å². The van der Waals surface area contributed by atoms with E-state index in [1.165, 1.54) is 6.42 Å². The fourth-order valence-electron chi connectivity index (χ4n) is 2.85. The molecule has 1 N–H and O–H groups in total. The van der Waals surface area contributed by atoms with Crippen molar-refractivity contribution in [1.82, 2.24) is 15.1 Å². The van der Waals surface area contributed by atoms with Crippen LogP contribution in [0.15, 0.2) is 30.3 Å². The Balaban J connectivity index is 1.53. The van der Waals surface area contributed by atoms with E-state index in [2.05, 4.69) is 15.5 Å². The first-order chi connectivity index (χ1) is 12.1. The fourth-order valence-corrected chi connectivity index (χ4v) is 3.35. The molecule has 1 aliphatic heterocycles. The third-order valence-electron chi connectivity index (χ3n) is 4.24. The minimum absolute atomic E-state index is 0.0355. The van der Waals surface area contributed by atoms with Gasteiger partial charge in [-0.2, -0.15) is 0 Å². The average Bonchev–Trinajstić information content (AvgIpc) is 2.64. The number of hydrogen-bond donors (Lipinski definition) is 1. The second kappa shape index (κ2) is 8.50. The minimum Gasteiger partial charge on any atom is -0.368 e. The molecule has 2 heterocycles. The summed E-state index contributed by atoms with van der Waals surface area (Å²) in [6.45, 7) is 2.28. The third-order valence-corrected chi connectivity index (χ3v) is 4.83. The highest BCUT2D eigenvalue weighted by Crippen LogP contribution is 2.21. The molecule has 0 spiro atoms. The maximum atomic E-state index is 12.4. The van der Waals surface area contributed by atoms with E-state index in [4.69, 9.17) is 23.2 Å². The molecule has 1 amide bonds. The molecule has 0 bridgehead atoms. The average molecular weight is 379 g/mol. The number of halogens is 2. The second-order valence-corrected chi connectivity index (χ2v) is 6.91. The highest BCUT2D eigenvalue weighted by molar-refractivity contribution is 6.35. The smallest absolute Gasteiger partial charge is 0.274 e. The monoisotopic (exact) mass is 378 g/mol. The zero-order valence-electron chi connectivity index (χ0n) is 13.8. The Hall–Kier alpha value is -1.85. The van der Waals surface area contributed by atoms with Gasteiger partial charge in [0.2, 0.25) is 0 Å². The Kier molecular flexibility index (Phi) is 6.10. The lowest BCUT2D eigenvalue weighted by atomic mass is 10.1. The number of benzene rings is 1. The number of anilines is 1. The zero-order valence-corrected chi connectivity index (χ0v) is 15.4. The quantitative estimate of drug-likeness (QED) is 0.851. The van der Waals surface area contributed by atoms with E-state index < -0.39 is 0 Å². The highest BCUT2D eigenvalue weighted by Gasteiger charge is 2.19. The molecule has 132 valence electrons. The Morgan fingerprint density at radius 2 is 1.88 bits per heavy atom. The van der Waals surface area contributed by atoms with Gasteiger partial charge in [0, 0.05) is 29.7 Å². The standard InChI is InChI=1S/C18H20Cl2N4O/c19-14-5-4-13(15(20)12-14)8-9-21-17-7-6-16(22-23-17)18(25)24-10-2-1-3-11-24/h4-7,12H,1-3,8-11H2,(H,21,23). The van der Waals surface area contributed by atoms with Gasteiger partial charge >= 0.3 is 0 Å². The van der Waals surface area contributed by atoms with Crippen molar-refractivity contribution in [3.63, 3.8) is 0 Å². The summed E-state index contributed by atoms with van der Waals surface area (Å²) >= 11 is 12.1. The van der Waals surface area contributed by atoms with E-state index in [1.54, 1.807) is 18.2 Å². The lowest BCUT2D eigenvalue weighted by molar-refractivity contribution is 0.0717. The van der Waals surface area contributed by atoms with E-state index in [0.717, 1.165) is 37.9 Å². The molecule has 0 saturated carbocycles. The van der Waals surface area contributed by atoms with E-state index in [0.29, 0.717) is 28.1 Å². The van der Waals surface area contributed by atoms with Gasteiger partial charge < -0.3 is 10.2 Å². The molecule has 0 radical (unpaired) electrons. The number of carbonyl (C=O) groups excluding carboxylic acids is 1. The van der Waals surface area contributed by atoms with Gasteiger partial charge in [0.25, 0.3) is 5.91 Å². The van der Waals surface area contributed by atoms with Gasteiger partial charge in [-0.15, -0.1) is 10.2 Å². The summed E-state index contributed by atoms with van der Waals surface area (Å²) in [5, 5.41) is 12.6. The first-order valence-electron chi connectivity index (χ1n) is 8.44. The minimum atomic E-state index is -0.0355. The molecule has 0 atom stereocenters. The zero-order chi connectivity index (χ0) is 17.6.